The van der Waals surface area contributed by atoms with E-state index in [0.29, 0.717) is 23.7 Å². The summed E-state index contributed by atoms with van der Waals surface area (Å²) < 4.78 is 0. The molecule has 1 aliphatic rings. The van der Waals surface area contributed by atoms with E-state index >= 15 is 0 Å². The second-order valence-corrected chi connectivity index (χ2v) is 7.03. The molecule has 2 N–H and O–H groups in total. The summed E-state index contributed by atoms with van der Waals surface area (Å²) in [5.41, 5.74) is 2.67. The molecule has 0 saturated carbocycles. The second-order valence-electron chi connectivity index (χ2n) is 6.59. The van der Waals surface area contributed by atoms with Gasteiger partial charge in [0.2, 0.25) is 5.91 Å². The fraction of sp³-hybridized carbons (Fsp3) is 0.300. The highest BCUT2D eigenvalue weighted by Gasteiger charge is 2.33. The van der Waals surface area contributed by atoms with E-state index in [0.717, 1.165) is 11.1 Å². The van der Waals surface area contributed by atoms with Crippen LogP contribution in [0.1, 0.15) is 30.5 Å². The molecule has 26 heavy (non-hydrogen) atoms. The zero-order valence-electron chi connectivity index (χ0n) is 14.8. The van der Waals surface area contributed by atoms with Crippen LogP contribution in [0.2, 0.25) is 5.02 Å². The SMILES string of the molecule is Cc1ccc(Cl)cc1NC(=O)NC1CC(=O)N(C(C)c2ccccc2)C1. The zero-order chi connectivity index (χ0) is 18.7. The highest BCUT2D eigenvalue weighted by Crippen LogP contribution is 2.26. The lowest BCUT2D eigenvalue weighted by atomic mass is 10.1. The summed E-state index contributed by atoms with van der Waals surface area (Å²) in [6.07, 6.45) is 0.305. The molecule has 3 rings (SSSR count). The van der Waals surface area contributed by atoms with Gasteiger partial charge in [-0.25, -0.2) is 4.79 Å². The normalized spacial score (nSPS) is 17.9. The molecule has 2 aromatic rings. The van der Waals surface area contributed by atoms with Crippen molar-refractivity contribution in [3.63, 3.8) is 0 Å². The minimum Gasteiger partial charge on any atom is -0.334 e. The molecule has 2 atom stereocenters. The number of anilines is 1. The lowest BCUT2D eigenvalue weighted by Gasteiger charge is -2.25. The van der Waals surface area contributed by atoms with E-state index < -0.39 is 0 Å². The molecule has 2 unspecified atom stereocenters. The number of amides is 3. The van der Waals surface area contributed by atoms with E-state index in [4.69, 9.17) is 11.6 Å². The van der Waals surface area contributed by atoms with Crippen molar-refractivity contribution in [3.8, 4) is 0 Å². The van der Waals surface area contributed by atoms with Crippen LogP contribution in [0.5, 0.6) is 0 Å². The Morgan fingerprint density at radius 3 is 2.69 bits per heavy atom. The first-order valence-corrected chi connectivity index (χ1v) is 9.00. The van der Waals surface area contributed by atoms with E-state index in [9.17, 15) is 9.59 Å². The third kappa shape index (κ3) is 4.17. The van der Waals surface area contributed by atoms with Gasteiger partial charge in [-0.2, -0.15) is 0 Å². The van der Waals surface area contributed by atoms with Crippen molar-refractivity contribution < 1.29 is 9.59 Å². The van der Waals surface area contributed by atoms with Crippen LogP contribution in [-0.2, 0) is 4.79 Å². The maximum Gasteiger partial charge on any atom is 0.319 e. The van der Waals surface area contributed by atoms with Gasteiger partial charge in [0.05, 0.1) is 12.1 Å². The number of hydrogen-bond donors (Lipinski definition) is 2. The molecular weight excluding hydrogens is 350 g/mol. The van der Waals surface area contributed by atoms with Gasteiger partial charge in [0.1, 0.15) is 0 Å². The lowest BCUT2D eigenvalue weighted by Crippen LogP contribution is -2.40. The first kappa shape index (κ1) is 18.3. The van der Waals surface area contributed by atoms with E-state index in [1.54, 1.807) is 12.1 Å². The number of halogens is 1. The van der Waals surface area contributed by atoms with Gasteiger partial charge in [-0.1, -0.05) is 48.0 Å². The molecule has 0 aromatic heterocycles. The Kier molecular flexibility index (Phi) is 5.47. The Morgan fingerprint density at radius 2 is 1.96 bits per heavy atom. The number of nitrogens with zero attached hydrogens (tertiary/aromatic N) is 1. The van der Waals surface area contributed by atoms with Crippen molar-refractivity contribution in [1.29, 1.82) is 0 Å². The van der Waals surface area contributed by atoms with Crippen LogP contribution >= 0.6 is 11.6 Å². The van der Waals surface area contributed by atoms with Crippen LogP contribution in [0.3, 0.4) is 0 Å². The number of nitrogens with one attached hydrogen (secondary N) is 2. The van der Waals surface area contributed by atoms with Crippen molar-refractivity contribution in [2.45, 2.75) is 32.4 Å². The maximum atomic E-state index is 12.4. The summed E-state index contributed by atoms with van der Waals surface area (Å²) in [6, 6.07) is 14.7. The minimum atomic E-state index is -0.331. The quantitative estimate of drug-likeness (QED) is 0.848. The highest BCUT2D eigenvalue weighted by molar-refractivity contribution is 6.31. The van der Waals surface area contributed by atoms with Crippen molar-refractivity contribution >= 4 is 29.2 Å². The fourth-order valence-electron chi connectivity index (χ4n) is 3.19. The first-order chi connectivity index (χ1) is 12.4. The highest BCUT2D eigenvalue weighted by atomic mass is 35.5. The van der Waals surface area contributed by atoms with Gasteiger partial charge in [-0.3, -0.25) is 4.79 Å². The van der Waals surface area contributed by atoms with Gasteiger partial charge in [-0.15, -0.1) is 0 Å². The third-order valence-corrected chi connectivity index (χ3v) is 4.93. The lowest BCUT2D eigenvalue weighted by molar-refractivity contribution is -0.129. The van der Waals surface area contributed by atoms with Crippen LogP contribution in [0.15, 0.2) is 48.5 Å². The molecule has 0 spiro atoms. The van der Waals surface area contributed by atoms with Crippen molar-refractivity contribution in [2.75, 3.05) is 11.9 Å². The Bertz CT molecular complexity index is 810. The van der Waals surface area contributed by atoms with Crippen LogP contribution in [-0.4, -0.2) is 29.4 Å². The van der Waals surface area contributed by atoms with Gasteiger partial charge in [0.15, 0.2) is 0 Å². The number of carbonyl (C=O) groups is 2. The average molecular weight is 372 g/mol. The van der Waals surface area contributed by atoms with Gasteiger partial charge in [-0.05, 0) is 37.1 Å². The molecule has 6 heteroatoms. The van der Waals surface area contributed by atoms with Gasteiger partial charge in [0, 0.05) is 23.7 Å². The molecule has 5 nitrogen and oxygen atoms in total. The first-order valence-electron chi connectivity index (χ1n) is 8.62. The number of urea groups is 1. The molecule has 1 saturated heterocycles. The summed E-state index contributed by atoms with van der Waals surface area (Å²) in [6.45, 7) is 4.40. The van der Waals surface area contributed by atoms with Gasteiger partial charge < -0.3 is 15.5 Å². The third-order valence-electron chi connectivity index (χ3n) is 4.69. The fourth-order valence-corrected chi connectivity index (χ4v) is 3.36. The minimum absolute atomic E-state index is 0.0197. The largest absolute Gasteiger partial charge is 0.334 e. The standard InChI is InChI=1S/C20H22ClN3O2/c1-13-8-9-16(21)10-18(13)23-20(26)22-17-11-19(25)24(12-17)14(2)15-6-4-3-5-7-15/h3-10,14,17H,11-12H2,1-2H3,(H2,22,23,26). The molecule has 136 valence electrons. The van der Waals surface area contributed by atoms with Crippen molar-refractivity contribution in [3.05, 3.63) is 64.7 Å². The van der Waals surface area contributed by atoms with Crippen molar-refractivity contribution in [2.24, 2.45) is 0 Å². The molecule has 0 bridgehead atoms. The van der Waals surface area contributed by atoms with E-state index in [1.807, 2.05) is 55.1 Å². The van der Waals surface area contributed by atoms with Gasteiger partial charge >= 0.3 is 6.03 Å². The predicted molar refractivity (Wildman–Crippen MR) is 103 cm³/mol. The van der Waals surface area contributed by atoms with Crippen molar-refractivity contribution in [1.82, 2.24) is 10.2 Å². The number of hydrogen-bond acceptors (Lipinski definition) is 2. The number of carbonyl (C=O) groups excluding carboxylic acids is 2. The zero-order valence-corrected chi connectivity index (χ0v) is 15.6. The van der Waals surface area contributed by atoms with E-state index in [1.165, 1.54) is 0 Å². The Balaban J connectivity index is 1.60. The summed E-state index contributed by atoms with van der Waals surface area (Å²) >= 11 is 5.98. The molecular formula is C20H22ClN3O2. The van der Waals surface area contributed by atoms with Crippen LogP contribution < -0.4 is 10.6 Å². The number of benzene rings is 2. The Morgan fingerprint density at radius 1 is 1.23 bits per heavy atom. The van der Waals surface area contributed by atoms with E-state index in [2.05, 4.69) is 10.6 Å². The molecule has 1 fully saturated rings. The Hall–Kier alpha value is -2.53. The monoisotopic (exact) mass is 371 g/mol. The Labute approximate surface area is 158 Å². The second kappa shape index (κ2) is 7.79. The number of likely N-dealkylation sites (tertiary alicyclic amines) is 1. The molecule has 1 aliphatic heterocycles. The summed E-state index contributed by atoms with van der Waals surface area (Å²) in [5, 5.41) is 6.25. The number of rotatable bonds is 4. The van der Waals surface area contributed by atoms with Crippen LogP contribution in [0.25, 0.3) is 0 Å². The van der Waals surface area contributed by atoms with Crippen LogP contribution in [0.4, 0.5) is 10.5 Å². The molecule has 0 radical (unpaired) electrons. The molecule has 2 aromatic carbocycles. The average Bonchev–Trinajstić information content (AvgIpc) is 2.98. The van der Waals surface area contributed by atoms with E-state index in [-0.39, 0.29) is 24.0 Å². The summed E-state index contributed by atoms with van der Waals surface area (Å²) in [7, 11) is 0. The summed E-state index contributed by atoms with van der Waals surface area (Å²) in [4.78, 5) is 26.5. The molecule has 3 amide bonds. The molecule has 1 heterocycles. The molecule has 0 aliphatic carbocycles. The van der Waals surface area contributed by atoms with Gasteiger partial charge in [0.25, 0.3) is 0 Å². The number of aryl methyl sites for hydroxylation is 1. The smallest absolute Gasteiger partial charge is 0.319 e. The maximum absolute atomic E-state index is 12.4. The summed E-state index contributed by atoms with van der Waals surface area (Å²) in [5.74, 6) is 0.0468. The topological polar surface area (TPSA) is 61.4 Å². The van der Waals surface area contributed by atoms with Crippen LogP contribution in [0, 0.1) is 6.92 Å². The predicted octanol–water partition coefficient (Wildman–Crippen LogP) is 4.13.